The van der Waals surface area contributed by atoms with Crippen molar-refractivity contribution < 1.29 is 55.3 Å². The molecule has 9 nitrogen and oxygen atoms in total. The summed E-state index contributed by atoms with van der Waals surface area (Å²) < 4.78 is 83.8. The average molecular weight is 665 g/mol. The number of rotatable bonds is 13. The Morgan fingerprint density at radius 3 is 1.89 bits per heavy atom. The summed E-state index contributed by atoms with van der Waals surface area (Å²) in [6.45, 7) is 4.28. The number of alkyl halides is 5. The normalized spacial score (nSPS) is 12.9. The molecule has 3 aromatic carbocycles. The number of carbonyl (C=O) groups excluding carboxylic acids is 3. The van der Waals surface area contributed by atoms with Crippen LogP contribution in [-0.4, -0.2) is 49.3 Å². The maximum Gasteiger partial charge on any atom is 0.453 e. The molecule has 1 atom stereocenters. The van der Waals surface area contributed by atoms with Crippen molar-refractivity contribution in [1.29, 1.82) is 0 Å². The zero-order valence-corrected chi connectivity index (χ0v) is 25.7. The Labute approximate surface area is 267 Å². The van der Waals surface area contributed by atoms with Crippen molar-refractivity contribution >= 4 is 34.9 Å². The number of carbonyl (C=O) groups is 3. The molecule has 14 heteroatoms. The molecule has 0 saturated heterocycles. The molecule has 3 rings (SSSR count). The second kappa shape index (κ2) is 15.4. The van der Waals surface area contributed by atoms with E-state index in [1.54, 1.807) is 32.9 Å². The number of esters is 3. The van der Waals surface area contributed by atoms with Crippen LogP contribution in [0.25, 0.3) is 5.57 Å². The molecule has 47 heavy (non-hydrogen) atoms. The molecule has 4 N–H and O–H groups in total. The number of halogens is 5. The highest BCUT2D eigenvalue weighted by Gasteiger charge is 2.56. The first kappa shape index (κ1) is 36.3. The summed E-state index contributed by atoms with van der Waals surface area (Å²) in [5, 5.41) is 0. The van der Waals surface area contributed by atoms with E-state index in [2.05, 4.69) is 0 Å². The van der Waals surface area contributed by atoms with Gasteiger partial charge in [0.15, 0.2) is 0 Å². The lowest BCUT2D eigenvalue weighted by atomic mass is 10.0. The highest BCUT2D eigenvalue weighted by atomic mass is 19.4. The van der Waals surface area contributed by atoms with E-state index in [1.165, 1.54) is 54.6 Å². The van der Waals surface area contributed by atoms with Gasteiger partial charge in [0.2, 0.25) is 0 Å². The SMILES string of the molecule is C/C(C(=O)OC(C)COC(=O)c1cc(N)cc(N)c1)=C(/C)c1ccc(OC(=O)c2ccc(OCCCC(F)(F)C(F)(F)F)cc2)cc1. The Bertz CT molecular complexity index is 1580. The van der Waals surface area contributed by atoms with E-state index >= 15 is 0 Å². The Morgan fingerprint density at radius 1 is 0.766 bits per heavy atom. The molecule has 0 bridgehead atoms. The van der Waals surface area contributed by atoms with Gasteiger partial charge in [0.05, 0.1) is 17.7 Å². The summed E-state index contributed by atoms with van der Waals surface area (Å²) in [7, 11) is 0. The predicted molar refractivity (Wildman–Crippen MR) is 163 cm³/mol. The smallest absolute Gasteiger partial charge is 0.453 e. The summed E-state index contributed by atoms with van der Waals surface area (Å²) in [5.74, 6) is -6.42. The van der Waals surface area contributed by atoms with Gasteiger partial charge in [0, 0.05) is 23.4 Å². The van der Waals surface area contributed by atoms with Crippen LogP contribution in [0, 0.1) is 0 Å². The van der Waals surface area contributed by atoms with Gasteiger partial charge < -0.3 is 30.4 Å². The van der Waals surface area contributed by atoms with Crippen LogP contribution in [0.3, 0.4) is 0 Å². The topological polar surface area (TPSA) is 140 Å². The molecule has 3 aromatic rings. The van der Waals surface area contributed by atoms with Crippen molar-refractivity contribution in [3.05, 3.63) is 89.0 Å². The molecular formula is C33H33F5N2O7. The van der Waals surface area contributed by atoms with E-state index < -0.39 is 49.0 Å². The van der Waals surface area contributed by atoms with Crippen LogP contribution < -0.4 is 20.9 Å². The van der Waals surface area contributed by atoms with E-state index in [1.807, 2.05) is 0 Å². The number of ether oxygens (including phenoxy) is 4. The minimum Gasteiger partial charge on any atom is -0.494 e. The highest BCUT2D eigenvalue weighted by molar-refractivity contribution is 5.97. The first-order chi connectivity index (χ1) is 22.0. The van der Waals surface area contributed by atoms with Gasteiger partial charge in [0.1, 0.15) is 24.2 Å². The molecule has 0 aromatic heterocycles. The van der Waals surface area contributed by atoms with Crippen LogP contribution >= 0.6 is 0 Å². The van der Waals surface area contributed by atoms with Crippen molar-refractivity contribution in [2.45, 2.75) is 51.8 Å². The third-order valence-corrected chi connectivity index (χ3v) is 6.75. The van der Waals surface area contributed by atoms with E-state index in [0.29, 0.717) is 28.1 Å². The minimum absolute atomic E-state index is 0.136. The summed E-state index contributed by atoms with van der Waals surface area (Å²) in [4.78, 5) is 37.5. The molecule has 0 radical (unpaired) electrons. The average Bonchev–Trinajstić information content (AvgIpc) is 3.00. The molecule has 0 heterocycles. The van der Waals surface area contributed by atoms with Crippen molar-refractivity contribution in [2.24, 2.45) is 0 Å². The lowest BCUT2D eigenvalue weighted by molar-refractivity contribution is -0.284. The van der Waals surface area contributed by atoms with Gasteiger partial charge >= 0.3 is 30.0 Å². The first-order valence-electron chi connectivity index (χ1n) is 14.2. The number of allylic oxidation sites excluding steroid dienone is 1. The second-order valence-electron chi connectivity index (χ2n) is 10.5. The van der Waals surface area contributed by atoms with Crippen molar-refractivity contribution in [2.75, 3.05) is 24.7 Å². The van der Waals surface area contributed by atoms with E-state index in [4.69, 9.17) is 30.4 Å². The van der Waals surface area contributed by atoms with Crippen molar-refractivity contribution in [3.8, 4) is 11.5 Å². The third-order valence-electron chi connectivity index (χ3n) is 6.75. The van der Waals surface area contributed by atoms with E-state index in [0.717, 1.165) is 0 Å². The summed E-state index contributed by atoms with van der Waals surface area (Å²) in [6.07, 6.45) is -8.31. The van der Waals surface area contributed by atoms with Crippen LogP contribution in [0.5, 0.6) is 11.5 Å². The zero-order valence-electron chi connectivity index (χ0n) is 25.7. The van der Waals surface area contributed by atoms with Gasteiger partial charge in [-0.15, -0.1) is 0 Å². The molecule has 0 saturated carbocycles. The monoisotopic (exact) mass is 664 g/mol. The van der Waals surface area contributed by atoms with Gasteiger partial charge in [-0.25, -0.2) is 14.4 Å². The summed E-state index contributed by atoms with van der Waals surface area (Å²) >= 11 is 0. The number of nitrogen functional groups attached to an aromatic ring is 2. The third kappa shape index (κ3) is 10.4. The molecule has 1 unspecified atom stereocenters. The molecular weight excluding hydrogens is 631 g/mol. The zero-order chi connectivity index (χ0) is 34.9. The Hall–Kier alpha value is -5.14. The van der Waals surface area contributed by atoms with Gasteiger partial charge in [-0.2, -0.15) is 22.0 Å². The van der Waals surface area contributed by atoms with Gasteiger partial charge in [-0.05, 0) is 92.9 Å². The van der Waals surface area contributed by atoms with E-state index in [-0.39, 0.29) is 35.8 Å². The maximum atomic E-state index is 13.0. The Balaban J connectivity index is 1.49. The number of nitrogens with two attached hydrogens (primary N) is 2. The number of hydrogen-bond donors (Lipinski definition) is 2. The fourth-order valence-corrected chi connectivity index (χ4v) is 4.00. The second-order valence-corrected chi connectivity index (χ2v) is 10.5. The van der Waals surface area contributed by atoms with Crippen LogP contribution in [0.2, 0.25) is 0 Å². The number of benzene rings is 3. The highest BCUT2D eigenvalue weighted by Crippen LogP contribution is 2.38. The van der Waals surface area contributed by atoms with Crippen molar-refractivity contribution in [3.63, 3.8) is 0 Å². The lowest BCUT2D eigenvalue weighted by Crippen LogP contribution is -2.36. The fourth-order valence-electron chi connectivity index (χ4n) is 4.00. The molecule has 0 aliphatic heterocycles. The largest absolute Gasteiger partial charge is 0.494 e. The van der Waals surface area contributed by atoms with Gasteiger partial charge in [-0.3, -0.25) is 0 Å². The molecule has 0 spiro atoms. The van der Waals surface area contributed by atoms with Gasteiger partial charge in [0.25, 0.3) is 0 Å². The molecule has 0 amide bonds. The van der Waals surface area contributed by atoms with Crippen molar-refractivity contribution in [1.82, 2.24) is 0 Å². The maximum absolute atomic E-state index is 13.0. The van der Waals surface area contributed by atoms with Gasteiger partial charge in [-0.1, -0.05) is 12.1 Å². The molecule has 0 fully saturated rings. The lowest BCUT2D eigenvalue weighted by Gasteiger charge is -2.19. The number of hydrogen-bond acceptors (Lipinski definition) is 9. The quantitative estimate of drug-likeness (QED) is 0.0493. The predicted octanol–water partition coefficient (Wildman–Crippen LogP) is 7.01. The Morgan fingerprint density at radius 2 is 1.32 bits per heavy atom. The molecule has 0 aliphatic rings. The summed E-state index contributed by atoms with van der Waals surface area (Å²) in [5.41, 5.74) is 13.8. The summed E-state index contributed by atoms with van der Waals surface area (Å²) in [6, 6.07) is 16.1. The number of anilines is 2. The van der Waals surface area contributed by atoms with Crippen LogP contribution in [0.15, 0.2) is 72.3 Å². The Kier molecular flexibility index (Phi) is 11.9. The van der Waals surface area contributed by atoms with Crippen LogP contribution in [0.1, 0.15) is 59.9 Å². The first-order valence-corrected chi connectivity index (χ1v) is 14.2. The molecule has 252 valence electrons. The van der Waals surface area contributed by atoms with Crippen LogP contribution in [-0.2, 0) is 14.3 Å². The molecule has 0 aliphatic carbocycles. The standard InChI is InChI=1S/C33H33F5N2O7/c1-19(18-45-30(42)24-15-25(39)17-26(40)16-24)46-29(41)21(3)20(2)22-5-11-28(12-6-22)47-31(43)23-7-9-27(10-8-23)44-14-4-13-32(34,35)33(36,37)38/h5-12,15-17,19H,4,13-14,18,39-40H2,1-3H3/b21-20+. The minimum atomic E-state index is -5.62. The van der Waals surface area contributed by atoms with E-state index in [9.17, 15) is 36.3 Å². The fraction of sp³-hybridized carbons (Fsp3) is 0.303. The van der Waals surface area contributed by atoms with Crippen LogP contribution in [0.4, 0.5) is 33.3 Å².